The summed E-state index contributed by atoms with van der Waals surface area (Å²) in [5.74, 6) is -2.96. The largest absolute Gasteiger partial charge is 0.481 e. The third-order valence-electron chi connectivity index (χ3n) is 3.26. The van der Waals surface area contributed by atoms with Crippen molar-refractivity contribution in [2.45, 2.75) is 13.3 Å². The van der Waals surface area contributed by atoms with Crippen LogP contribution in [-0.4, -0.2) is 28.7 Å². The summed E-state index contributed by atoms with van der Waals surface area (Å²) in [6.45, 7) is 1.31. The molecular weight excluding hydrogens is 324 g/mol. The molecule has 0 heterocycles. The van der Waals surface area contributed by atoms with Gasteiger partial charge in [0.2, 0.25) is 5.91 Å². The van der Waals surface area contributed by atoms with Crippen LogP contribution >= 0.6 is 0 Å². The molecular formula is C18H16N2O5. The number of amides is 2. The molecule has 0 aliphatic heterocycles. The number of carboxylic acid groups (broad SMARTS) is 1. The molecule has 0 saturated carbocycles. The summed E-state index contributed by atoms with van der Waals surface area (Å²) in [6, 6.07) is 12.4. The van der Waals surface area contributed by atoms with Crippen LogP contribution in [0.25, 0.3) is 0 Å². The fourth-order valence-corrected chi connectivity index (χ4v) is 2.17. The van der Waals surface area contributed by atoms with E-state index in [2.05, 4.69) is 10.6 Å². The predicted molar refractivity (Wildman–Crippen MR) is 91.5 cm³/mol. The highest BCUT2D eigenvalue weighted by Gasteiger charge is 2.20. The van der Waals surface area contributed by atoms with Crippen LogP contribution in [0, 0.1) is 0 Å². The van der Waals surface area contributed by atoms with E-state index in [-0.39, 0.29) is 23.6 Å². The lowest BCUT2D eigenvalue weighted by molar-refractivity contribution is -0.136. The van der Waals surface area contributed by atoms with Gasteiger partial charge in [-0.1, -0.05) is 24.3 Å². The lowest BCUT2D eigenvalue weighted by Gasteiger charge is -2.09. The number of rotatable bonds is 6. The maximum absolute atomic E-state index is 12.3. The van der Waals surface area contributed by atoms with Crippen molar-refractivity contribution in [1.82, 2.24) is 0 Å². The molecule has 0 aliphatic carbocycles. The minimum atomic E-state index is -0.957. The summed E-state index contributed by atoms with van der Waals surface area (Å²) in [4.78, 5) is 46.3. The summed E-state index contributed by atoms with van der Waals surface area (Å²) < 4.78 is 0. The Labute approximate surface area is 143 Å². The van der Waals surface area contributed by atoms with Crippen molar-refractivity contribution in [3.05, 3.63) is 59.7 Å². The van der Waals surface area contributed by atoms with Crippen LogP contribution in [-0.2, 0) is 20.8 Å². The van der Waals surface area contributed by atoms with Crippen LogP contribution in [0.5, 0.6) is 0 Å². The molecule has 25 heavy (non-hydrogen) atoms. The van der Waals surface area contributed by atoms with Crippen molar-refractivity contribution in [3.8, 4) is 0 Å². The van der Waals surface area contributed by atoms with Gasteiger partial charge in [-0.05, 0) is 29.8 Å². The Morgan fingerprint density at radius 1 is 0.920 bits per heavy atom. The Bertz CT molecular complexity index is 828. The molecule has 7 nitrogen and oxygen atoms in total. The Balaban J connectivity index is 2.12. The first kappa shape index (κ1) is 17.9. The van der Waals surface area contributed by atoms with Crippen molar-refractivity contribution in [1.29, 1.82) is 0 Å². The lowest BCUT2D eigenvalue weighted by atomic mass is 10.1. The van der Waals surface area contributed by atoms with Gasteiger partial charge in [0.1, 0.15) is 0 Å². The molecule has 0 spiro atoms. The molecule has 0 unspecified atom stereocenters. The molecule has 0 aliphatic rings. The van der Waals surface area contributed by atoms with Gasteiger partial charge < -0.3 is 15.7 Å². The number of hydrogen-bond donors (Lipinski definition) is 3. The van der Waals surface area contributed by atoms with Gasteiger partial charge >= 0.3 is 5.97 Å². The molecule has 2 aromatic rings. The van der Waals surface area contributed by atoms with E-state index in [4.69, 9.17) is 5.11 Å². The van der Waals surface area contributed by atoms with Crippen molar-refractivity contribution in [3.63, 3.8) is 0 Å². The van der Waals surface area contributed by atoms with Gasteiger partial charge in [-0.3, -0.25) is 19.2 Å². The zero-order valence-electron chi connectivity index (χ0n) is 13.4. The standard InChI is InChI=1S/C18H16N2O5/c1-11(21)19-15-5-3-2-4-14(15)17(24)18(25)20-13-8-6-12(7-9-13)10-16(22)23/h2-9H,10H2,1H3,(H,19,21)(H,20,25)(H,22,23). The summed E-state index contributed by atoms with van der Waals surface area (Å²) in [5, 5.41) is 13.7. The molecule has 0 bridgehead atoms. The van der Waals surface area contributed by atoms with Crippen molar-refractivity contribution >= 4 is 34.9 Å². The maximum Gasteiger partial charge on any atom is 0.307 e. The number of ketones is 1. The number of carbonyl (C=O) groups excluding carboxylic acids is 3. The van der Waals surface area contributed by atoms with E-state index in [1.807, 2.05) is 0 Å². The Kier molecular flexibility index (Phi) is 5.62. The number of carbonyl (C=O) groups is 4. The van der Waals surface area contributed by atoms with E-state index < -0.39 is 17.7 Å². The number of Topliss-reactive ketones (excluding diaryl/α,β-unsaturated/α-hetero) is 1. The van der Waals surface area contributed by atoms with E-state index in [0.717, 1.165) is 0 Å². The third kappa shape index (κ3) is 5.00. The van der Waals surface area contributed by atoms with Crippen LogP contribution in [0.3, 0.4) is 0 Å². The summed E-state index contributed by atoms with van der Waals surface area (Å²) in [6.07, 6.45) is -0.128. The van der Waals surface area contributed by atoms with Gasteiger partial charge in [0.15, 0.2) is 0 Å². The molecule has 0 fully saturated rings. The van der Waals surface area contributed by atoms with Gasteiger partial charge in [0.05, 0.1) is 17.7 Å². The van der Waals surface area contributed by atoms with Gasteiger partial charge in [0, 0.05) is 12.6 Å². The first-order valence-corrected chi connectivity index (χ1v) is 7.40. The number of benzene rings is 2. The number of nitrogens with one attached hydrogen (secondary N) is 2. The first-order valence-electron chi connectivity index (χ1n) is 7.40. The van der Waals surface area contributed by atoms with Crippen molar-refractivity contribution in [2.24, 2.45) is 0 Å². The molecule has 0 aromatic heterocycles. The number of hydrogen-bond acceptors (Lipinski definition) is 4. The minimum absolute atomic E-state index is 0.0812. The summed E-state index contributed by atoms with van der Waals surface area (Å²) in [7, 11) is 0. The average molecular weight is 340 g/mol. The van der Waals surface area contributed by atoms with Crippen molar-refractivity contribution < 1.29 is 24.3 Å². The number of aliphatic carboxylic acids is 1. The molecule has 2 aromatic carbocycles. The van der Waals surface area contributed by atoms with Crippen LogP contribution in [0.1, 0.15) is 22.8 Å². The Hall–Kier alpha value is -3.48. The molecule has 128 valence electrons. The quantitative estimate of drug-likeness (QED) is 0.550. The van der Waals surface area contributed by atoms with Gasteiger partial charge in [-0.15, -0.1) is 0 Å². The SMILES string of the molecule is CC(=O)Nc1ccccc1C(=O)C(=O)Nc1ccc(CC(=O)O)cc1. The van der Waals surface area contributed by atoms with Crippen molar-refractivity contribution in [2.75, 3.05) is 10.6 Å². The fourth-order valence-electron chi connectivity index (χ4n) is 2.17. The number of carboxylic acids is 1. The number of para-hydroxylation sites is 1. The molecule has 7 heteroatoms. The second-order valence-corrected chi connectivity index (χ2v) is 5.28. The highest BCUT2D eigenvalue weighted by atomic mass is 16.4. The maximum atomic E-state index is 12.3. The van der Waals surface area contributed by atoms with E-state index in [9.17, 15) is 19.2 Å². The highest BCUT2D eigenvalue weighted by molar-refractivity contribution is 6.47. The van der Waals surface area contributed by atoms with Gasteiger partial charge in [0.25, 0.3) is 11.7 Å². The molecule has 2 rings (SSSR count). The van der Waals surface area contributed by atoms with Crippen LogP contribution in [0.2, 0.25) is 0 Å². The van der Waals surface area contributed by atoms with E-state index >= 15 is 0 Å². The smallest absolute Gasteiger partial charge is 0.307 e. The molecule has 0 atom stereocenters. The monoisotopic (exact) mass is 340 g/mol. The zero-order chi connectivity index (χ0) is 18.4. The fraction of sp³-hybridized carbons (Fsp3) is 0.111. The van der Waals surface area contributed by atoms with E-state index in [1.54, 1.807) is 24.3 Å². The normalized spacial score (nSPS) is 9.96. The minimum Gasteiger partial charge on any atom is -0.481 e. The lowest BCUT2D eigenvalue weighted by Crippen LogP contribution is -2.24. The second-order valence-electron chi connectivity index (χ2n) is 5.28. The Morgan fingerprint density at radius 3 is 2.16 bits per heavy atom. The Morgan fingerprint density at radius 2 is 1.56 bits per heavy atom. The topological polar surface area (TPSA) is 113 Å². The highest BCUT2D eigenvalue weighted by Crippen LogP contribution is 2.17. The summed E-state index contributed by atoms with van der Waals surface area (Å²) in [5.41, 5.74) is 1.28. The summed E-state index contributed by atoms with van der Waals surface area (Å²) >= 11 is 0. The molecule has 0 radical (unpaired) electrons. The molecule has 2 amide bonds. The molecule has 0 saturated heterocycles. The predicted octanol–water partition coefficient (Wildman–Crippen LogP) is 2.09. The first-order chi connectivity index (χ1) is 11.9. The van der Waals surface area contributed by atoms with E-state index in [0.29, 0.717) is 11.3 Å². The van der Waals surface area contributed by atoms with Crippen LogP contribution in [0.15, 0.2) is 48.5 Å². The van der Waals surface area contributed by atoms with Gasteiger partial charge in [-0.25, -0.2) is 0 Å². The zero-order valence-corrected chi connectivity index (χ0v) is 13.4. The van der Waals surface area contributed by atoms with Gasteiger partial charge in [-0.2, -0.15) is 0 Å². The van der Waals surface area contributed by atoms with Crippen LogP contribution in [0.4, 0.5) is 11.4 Å². The third-order valence-corrected chi connectivity index (χ3v) is 3.26. The van der Waals surface area contributed by atoms with Crippen LogP contribution < -0.4 is 10.6 Å². The van der Waals surface area contributed by atoms with E-state index in [1.165, 1.54) is 31.2 Å². The number of anilines is 2. The molecule has 3 N–H and O–H groups in total. The second kappa shape index (κ2) is 7.87. The average Bonchev–Trinajstić information content (AvgIpc) is 2.55.